The lowest BCUT2D eigenvalue weighted by Crippen LogP contribution is -2.29. The molecule has 16 heavy (non-hydrogen) atoms. The van der Waals surface area contributed by atoms with Gasteiger partial charge in [-0.1, -0.05) is 34.1 Å². The van der Waals surface area contributed by atoms with Gasteiger partial charge in [0, 0.05) is 37.6 Å². The van der Waals surface area contributed by atoms with Gasteiger partial charge in [-0.15, -0.1) is 0 Å². The maximum Gasteiger partial charge on any atom is 0.127 e. The van der Waals surface area contributed by atoms with E-state index in [-0.39, 0.29) is 5.82 Å². The van der Waals surface area contributed by atoms with E-state index in [1.807, 2.05) is 12.1 Å². The SMILES string of the molecule is COCCN(CCBr)Cc1ccccc1F. The summed E-state index contributed by atoms with van der Waals surface area (Å²) in [4.78, 5) is 2.16. The number of nitrogens with zero attached hydrogens (tertiary/aromatic N) is 1. The first-order valence-corrected chi connectivity index (χ1v) is 6.40. The van der Waals surface area contributed by atoms with E-state index in [0.29, 0.717) is 13.2 Å². The van der Waals surface area contributed by atoms with E-state index in [1.54, 1.807) is 13.2 Å². The van der Waals surface area contributed by atoms with E-state index in [1.165, 1.54) is 6.07 Å². The molecule has 0 atom stereocenters. The van der Waals surface area contributed by atoms with E-state index >= 15 is 0 Å². The van der Waals surface area contributed by atoms with Gasteiger partial charge >= 0.3 is 0 Å². The van der Waals surface area contributed by atoms with Gasteiger partial charge in [0.1, 0.15) is 5.82 Å². The van der Waals surface area contributed by atoms with Crippen LogP contribution < -0.4 is 0 Å². The van der Waals surface area contributed by atoms with Crippen LogP contribution in [0.15, 0.2) is 24.3 Å². The van der Waals surface area contributed by atoms with Crippen LogP contribution in [0, 0.1) is 5.82 Å². The number of ether oxygens (including phenoxy) is 1. The van der Waals surface area contributed by atoms with Gasteiger partial charge in [0.15, 0.2) is 0 Å². The molecular formula is C12H17BrFNO. The molecule has 0 saturated heterocycles. The molecule has 0 aliphatic carbocycles. The normalized spacial score (nSPS) is 11.0. The van der Waals surface area contributed by atoms with Crippen LogP contribution in [-0.2, 0) is 11.3 Å². The van der Waals surface area contributed by atoms with E-state index in [0.717, 1.165) is 24.0 Å². The lowest BCUT2D eigenvalue weighted by Gasteiger charge is -2.21. The molecule has 0 amide bonds. The molecule has 0 aromatic heterocycles. The number of halogens is 2. The quantitative estimate of drug-likeness (QED) is 0.716. The third-order valence-corrected chi connectivity index (χ3v) is 2.72. The lowest BCUT2D eigenvalue weighted by molar-refractivity contribution is 0.147. The van der Waals surface area contributed by atoms with Gasteiger partial charge < -0.3 is 4.74 Å². The number of alkyl halides is 1. The molecule has 1 aromatic rings. The van der Waals surface area contributed by atoms with E-state index in [4.69, 9.17) is 4.74 Å². The highest BCUT2D eigenvalue weighted by atomic mass is 79.9. The van der Waals surface area contributed by atoms with E-state index in [9.17, 15) is 4.39 Å². The van der Waals surface area contributed by atoms with Crippen molar-refractivity contribution in [2.24, 2.45) is 0 Å². The summed E-state index contributed by atoms with van der Waals surface area (Å²) in [7, 11) is 1.68. The highest BCUT2D eigenvalue weighted by Crippen LogP contribution is 2.09. The van der Waals surface area contributed by atoms with Crippen molar-refractivity contribution in [2.45, 2.75) is 6.54 Å². The Kier molecular flexibility index (Phi) is 6.61. The maximum absolute atomic E-state index is 13.4. The first-order chi connectivity index (χ1) is 7.77. The molecule has 1 rings (SSSR count). The molecule has 0 N–H and O–H groups in total. The van der Waals surface area contributed by atoms with Gasteiger partial charge in [0.25, 0.3) is 0 Å². The number of benzene rings is 1. The van der Waals surface area contributed by atoms with Crippen LogP contribution in [0.1, 0.15) is 5.56 Å². The zero-order valence-corrected chi connectivity index (χ0v) is 11.0. The number of hydrogen-bond donors (Lipinski definition) is 0. The van der Waals surface area contributed by atoms with Crippen molar-refractivity contribution in [3.8, 4) is 0 Å². The molecule has 0 heterocycles. The van der Waals surface area contributed by atoms with Gasteiger partial charge in [-0.2, -0.15) is 0 Å². The number of hydrogen-bond acceptors (Lipinski definition) is 2. The molecule has 0 unspecified atom stereocenters. The second-order valence-corrected chi connectivity index (χ2v) is 4.34. The smallest absolute Gasteiger partial charge is 0.127 e. The summed E-state index contributed by atoms with van der Waals surface area (Å²) in [6.07, 6.45) is 0. The predicted molar refractivity (Wildman–Crippen MR) is 67.3 cm³/mol. The minimum atomic E-state index is -0.139. The summed E-state index contributed by atoms with van der Waals surface area (Å²) in [5, 5.41) is 0.880. The first kappa shape index (κ1) is 13.6. The van der Waals surface area contributed by atoms with Crippen LogP contribution in [0.25, 0.3) is 0 Å². The largest absolute Gasteiger partial charge is 0.383 e. The Morgan fingerprint density at radius 3 is 2.69 bits per heavy atom. The topological polar surface area (TPSA) is 12.5 Å². The first-order valence-electron chi connectivity index (χ1n) is 5.28. The Morgan fingerprint density at radius 1 is 1.31 bits per heavy atom. The fraction of sp³-hybridized carbons (Fsp3) is 0.500. The maximum atomic E-state index is 13.4. The van der Waals surface area contributed by atoms with Crippen molar-refractivity contribution >= 4 is 15.9 Å². The minimum absolute atomic E-state index is 0.139. The highest BCUT2D eigenvalue weighted by molar-refractivity contribution is 9.09. The second kappa shape index (κ2) is 7.76. The zero-order chi connectivity index (χ0) is 11.8. The average Bonchev–Trinajstić information content (AvgIpc) is 2.29. The van der Waals surface area contributed by atoms with Crippen molar-refractivity contribution in [1.29, 1.82) is 0 Å². The van der Waals surface area contributed by atoms with Gasteiger partial charge in [-0.25, -0.2) is 4.39 Å². The molecule has 0 fully saturated rings. The molecule has 0 saturated carbocycles. The van der Waals surface area contributed by atoms with Crippen molar-refractivity contribution in [1.82, 2.24) is 4.90 Å². The van der Waals surface area contributed by atoms with Gasteiger partial charge in [-0.05, 0) is 6.07 Å². The van der Waals surface area contributed by atoms with Gasteiger partial charge in [0.05, 0.1) is 6.61 Å². The van der Waals surface area contributed by atoms with Gasteiger partial charge in [0.2, 0.25) is 0 Å². The zero-order valence-electron chi connectivity index (χ0n) is 9.46. The van der Waals surface area contributed by atoms with Crippen LogP contribution in [-0.4, -0.2) is 37.0 Å². The van der Waals surface area contributed by atoms with Crippen LogP contribution in [0.3, 0.4) is 0 Å². The Hall–Kier alpha value is -0.450. The average molecular weight is 290 g/mol. The standard InChI is InChI=1S/C12H17BrFNO/c1-16-9-8-15(7-6-13)10-11-4-2-3-5-12(11)14/h2-5H,6-10H2,1H3. The molecular weight excluding hydrogens is 273 g/mol. The third-order valence-electron chi connectivity index (χ3n) is 2.36. The molecule has 4 heteroatoms. The van der Waals surface area contributed by atoms with Crippen molar-refractivity contribution in [3.05, 3.63) is 35.6 Å². The molecule has 0 radical (unpaired) electrons. The Bertz CT molecular complexity index is 309. The Labute approximate surface area is 105 Å². The van der Waals surface area contributed by atoms with Crippen LogP contribution in [0.5, 0.6) is 0 Å². The highest BCUT2D eigenvalue weighted by Gasteiger charge is 2.07. The summed E-state index contributed by atoms with van der Waals surface area (Å²) >= 11 is 3.40. The van der Waals surface area contributed by atoms with E-state index in [2.05, 4.69) is 20.8 Å². The molecule has 1 aromatic carbocycles. The molecule has 90 valence electrons. The van der Waals surface area contributed by atoms with Crippen LogP contribution in [0.4, 0.5) is 4.39 Å². The summed E-state index contributed by atoms with van der Waals surface area (Å²) in [5.74, 6) is -0.139. The van der Waals surface area contributed by atoms with Crippen molar-refractivity contribution < 1.29 is 9.13 Å². The fourth-order valence-corrected chi connectivity index (χ4v) is 1.98. The summed E-state index contributed by atoms with van der Waals surface area (Å²) in [6, 6.07) is 6.89. The molecule has 0 bridgehead atoms. The van der Waals surface area contributed by atoms with Crippen molar-refractivity contribution in [3.63, 3.8) is 0 Å². The van der Waals surface area contributed by atoms with Crippen LogP contribution >= 0.6 is 15.9 Å². The van der Waals surface area contributed by atoms with Gasteiger partial charge in [-0.3, -0.25) is 4.90 Å². The van der Waals surface area contributed by atoms with Crippen LogP contribution in [0.2, 0.25) is 0 Å². The Balaban J connectivity index is 2.56. The number of methoxy groups -OCH3 is 1. The van der Waals surface area contributed by atoms with Crippen molar-refractivity contribution in [2.75, 3.05) is 32.1 Å². The summed E-state index contributed by atoms with van der Waals surface area (Å²) in [5.41, 5.74) is 0.736. The fourth-order valence-electron chi connectivity index (χ4n) is 1.48. The second-order valence-electron chi connectivity index (χ2n) is 3.55. The molecule has 0 spiro atoms. The summed E-state index contributed by atoms with van der Waals surface area (Å²) in [6.45, 7) is 3.00. The molecule has 0 aliphatic heterocycles. The van der Waals surface area contributed by atoms with E-state index < -0.39 is 0 Å². The monoisotopic (exact) mass is 289 g/mol. The third kappa shape index (κ3) is 4.60. The summed E-state index contributed by atoms with van der Waals surface area (Å²) < 4.78 is 18.5. The predicted octanol–water partition coefficient (Wildman–Crippen LogP) is 2.67. The minimum Gasteiger partial charge on any atom is -0.383 e. The Morgan fingerprint density at radius 2 is 2.06 bits per heavy atom. The molecule has 0 aliphatic rings. The molecule has 2 nitrogen and oxygen atoms in total. The lowest BCUT2D eigenvalue weighted by atomic mass is 10.2. The number of rotatable bonds is 7.